The fourth-order valence-electron chi connectivity index (χ4n) is 1.91. The summed E-state index contributed by atoms with van der Waals surface area (Å²) in [6, 6.07) is 0. The number of nitrogens with one attached hydrogen (secondary N) is 1. The Morgan fingerprint density at radius 2 is 1.65 bits per heavy atom. The summed E-state index contributed by atoms with van der Waals surface area (Å²) in [5.41, 5.74) is 0. The Kier molecular flexibility index (Phi) is 9.58. The minimum absolute atomic E-state index is 0.265. The van der Waals surface area contributed by atoms with Crippen molar-refractivity contribution in [3.05, 3.63) is 0 Å². The van der Waals surface area contributed by atoms with Crippen molar-refractivity contribution in [2.75, 3.05) is 45.8 Å². The van der Waals surface area contributed by atoms with Gasteiger partial charge in [0.25, 0.3) is 0 Å². The second kappa shape index (κ2) is 9.99. The van der Waals surface area contributed by atoms with E-state index in [1.807, 2.05) is 6.92 Å². The molecule has 0 rings (SSSR count). The Morgan fingerprint density at radius 3 is 2.10 bits per heavy atom. The van der Waals surface area contributed by atoms with Gasteiger partial charge in [-0.15, -0.1) is 0 Å². The summed E-state index contributed by atoms with van der Waals surface area (Å²) >= 11 is 0. The third-order valence-corrected chi connectivity index (χ3v) is 3.13. The van der Waals surface area contributed by atoms with Gasteiger partial charge >= 0.3 is 6.18 Å². The molecule has 0 atom stereocenters. The van der Waals surface area contributed by atoms with Crippen LogP contribution in [0.3, 0.4) is 0 Å². The number of rotatable bonds is 10. The van der Waals surface area contributed by atoms with Gasteiger partial charge in [0.2, 0.25) is 5.91 Å². The molecule has 0 aliphatic carbocycles. The normalized spacial score (nSPS) is 11.9. The van der Waals surface area contributed by atoms with E-state index in [1.165, 1.54) is 0 Å². The molecule has 0 aromatic carbocycles. The fraction of sp³-hybridized carbons (Fsp3) is 0.923. The van der Waals surface area contributed by atoms with Gasteiger partial charge in [0.15, 0.2) is 0 Å². The van der Waals surface area contributed by atoms with Crippen LogP contribution in [0.15, 0.2) is 0 Å². The lowest BCUT2D eigenvalue weighted by molar-refractivity contribution is -0.134. The second-order valence-corrected chi connectivity index (χ2v) is 4.57. The molecule has 0 unspecified atom stereocenters. The van der Waals surface area contributed by atoms with E-state index in [0.717, 1.165) is 26.1 Å². The van der Waals surface area contributed by atoms with E-state index in [2.05, 4.69) is 24.1 Å². The first-order chi connectivity index (χ1) is 9.34. The van der Waals surface area contributed by atoms with Crippen molar-refractivity contribution in [1.82, 2.24) is 15.1 Å². The van der Waals surface area contributed by atoms with Crippen molar-refractivity contribution >= 4 is 5.91 Å². The predicted molar refractivity (Wildman–Crippen MR) is 73.6 cm³/mol. The van der Waals surface area contributed by atoms with Crippen LogP contribution >= 0.6 is 0 Å². The molecule has 0 radical (unpaired) electrons. The summed E-state index contributed by atoms with van der Waals surface area (Å²) in [5, 5.41) is 2.13. The van der Waals surface area contributed by atoms with Gasteiger partial charge in [-0.05, 0) is 33.0 Å². The lowest BCUT2D eigenvalue weighted by Gasteiger charge is -2.24. The van der Waals surface area contributed by atoms with Crippen molar-refractivity contribution in [2.24, 2.45) is 0 Å². The van der Waals surface area contributed by atoms with Gasteiger partial charge in [-0.3, -0.25) is 4.79 Å². The molecular weight excluding hydrogens is 271 g/mol. The van der Waals surface area contributed by atoms with Crippen LogP contribution in [0.2, 0.25) is 0 Å². The molecule has 1 N–H and O–H groups in total. The van der Waals surface area contributed by atoms with Crippen molar-refractivity contribution in [2.45, 2.75) is 33.4 Å². The summed E-state index contributed by atoms with van der Waals surface area (Å²) < 4.78 is 35.9. The average molecular weight is 297 g/mol. The Morgan fingerprint density at radius 1 is 1.05 bits per heavy atom. The van der Waals surface area contributed by atoms with Gasteiger partial charge in [0.05, 0.1) is 13.1 Å². The van der Waals surface area contributed by atoms with Crippen molar-refractivity contribution < 1.29 is 18.0 Å². The van der Waals surface area contributed by atoms with Crippen LogP contribution in [0.25, 0.3) is 0 Å². The quantitative estimate of drug-likeness (QED) is 0.667. The molecule has 0 aromatic heterocycles. The Labute approximate surface area is 119 Å². The first kappa shape index (κ1) is 19.2. The van der Waals surface area contributed by atoms with Gasteiger partial charge in [-0.25, -0.2) is 0 Å². The predicted octanol–water partition coefficient (Wildman–Crippen LogP) is 1.72. The molecule has 120 valence electrons. The molecular formula is C13H26F3N3O. The number of amides is 1. The van der Waals surface area contributed by atoms with Crippen LogP contribution in [-0.4, -0.2) is 67.7 Å². The number of hydrogen-bond donors (Lipinski definition) is 1. The van der Waals surface area contributed by atoms with Crippen LogP contribution in [0.5, 0.6) is 0 Å². The molecule has 4 nitrogen and oxygen atoms in total. The second-order valence-electron chi connectivity index (χ2n) is 4.57. The average Bonchev–Trinajstić information content (AvgIpc) is 2.37. The monoisotopic (exact) mass is 297 g/mol. The highest BCUT2D eigenvalue weighted by Gasteiger charge is 2.26. The molecule has 20 heavy (non-hydrogen) atoms. The number of alkyl halides is 3. The van der Waals surface area contributed by atoms with Crippen LogP contribution in [-0.2, 0) is 4.79 Å². The first-order valence-electron chi connectivity index (χ1n) is 7.11. The molecule has 0 aliphatic heterocycles. The van der Waals surface area contributed by atoms with Gasteiger partial charge in [0, 0.05) is 13.1 Å². The van der Waals surface area contributed by atoms with Crippen LogP contribution in [0.1, 0.15) is 27.2 Å². The molecule has 1 amide bonds. The summed E-state index contributed by atoms with van der Waals surface area (Å²) in [7, 11) is 0. The van der Waals surface area contributed by atoms with E-state index < -0.39 is 12.7 Å². The Bertz CT molecular complexity index is 268. The molecule has 0 fully saturated rings. The SMILES string of the molecule is CCN(CC)CCCN(CC)C(=O)CNCC(F)(F)F. The number of nitrogens with zero attached hydrogens (tertiary/aromatic N) is 2. The zero-order valence-electron chi connectivity index (χ0n) is 12.6. The molecule has 0 aliphatic rings. The Balaban J connectivity index is 3.97. The number of likely N-dealkylation sites (N-methyl/N-ethyl adjacent to an activating group) is 1. The van der Waals surface area contributed by atoms with E-state index >= 15 is 0 Å². The number of carbonyl (C=O) groups excluding carboxylic acids is 1. The van der Waals surface area contributed by atoms with Crippen molar-refractivity contribution in [3.63, 3.8) is 0 Å². The fourth-order valence-corrected chi connectivity index (χ4v) is 1.91. The lowest BCUT2D eigenvalue weighted by atomic mass is 10.3. The summed E-state index contributed by atoms with van der Waals surface area (Å²) in [5.74, 6) is -0.281. The van der Waals surface area contributed by atoms with Gasteiger partial charge in [0.1, 0.15) is 0 Å². The Hall–Kier alpha value is -0.820. The van der Waals surface area contributed by atoms with E-state index in [9.17, 15) is 18.0 Å². The molecule has 0 heterocycles. The summed E-state index contributed by atoms with van der Waals surface area (Å²) in [6.45, 7) is 8.51. The van der Waals surface area contributed by atoms with E-state index in [1.54, 1.807) is 4.90 Å². The number of hydrogen-bond acceptors (Lipinski definition) is 3. The van der Waals surface area contributed by atoms with Crippen LogP contribution in [0, 0.1) is 0 Å². The molecule has 0 aromatic rings. The van der Waals surface area contributed by atoms with Crippen LogP contribution < -0.4 is 5.32 Å². The summed E-state index contributed by atoms with van der Waals surface area (Å²) in [4.78, 5) is 15.6. The molecule has 0 bridgehead atoms. The maximum atomic E-state index is 12.0. The van der Waals surface area contributed by atoms with E-state index in [0.29, 0.717) is 13.1 Å². The van der Waals surface area contributed by atoms with E-state index in [-0.39, 0.29) is 12.5 Å². The standard InChI is InChI=1S/C13H26F3N3O/c1-4-18(5-2)8-7-9-19(6-3)12(20)10-17-11-13(14,15)16/h17H,4-11H2,1-3H3. The molecule has 0 saturated carbocycles. The van der Waals surface area contributed by atoms with Gasteiger partial charge < -0.3 is 15.1 Å². The molecule has 0 saturated heterocycles. The minimum Gasteiger partial charge on any atom is -0.342 e. The van der Waals surface area contributed by atoms with E-state index in [4.69, 9.17) is 0 Å². The molecule has 0 spiro atoms. The smallest absolute Gasteiger partial charge is 0.342 e. The maximum Gasteiger partial charge on any atom is 0.401 e. The minimum atomic E-state index is -4.28. The first-order valence-corrected chi connectivity index (χ1v) is 7.11. The van der Waals surface area contributed by atoms with Gasteiger partial charge in [-0.1, -0.05) is 13.8 Å². The highest BCUT2D eigenvalue weighted by atomic mass is 19.4. The third kappa shape index (κ3) is 9.14. The third-order valence-electron chi connectivity index (χ3n) is 3.13. The zero-order valence-corrected chi connectivity index (χ0v) is 12.6. The topological polar surface area (TPSA) is 35.6 Å². The highest BCUT2D eigenvalue weighted by molar-refractivity contribution is 5.78. The van der Waals surface area contributed by atoms with Crippen LogP contribution in [0.4, 0.5) is 13.2 Å². The van der Waals surface area contributed by atoms with Crippen molar-refractivity contribution in [3.8, 4) is 0 Å². The van der Waals surface area contributed by atoms with Gasteiger partial charge in [-0.2, -0.15) is 13.2 Å². The zero-order chi connectivity index (χ0) is 15.6. The van der Waals surface area contributed by atoms with Crippen molar-refractivity contribution in [1.29, 1.82) is 0 Å². The maximum absolute atomic E-state index is 12.0. The summed E-state index contributed by atoms with van der Waals surface area (Å²) in [6.07, 6.45) is -3.44. The highest BCUT2D eigenvalue weighted by Crippen LogP contribution is 2.11. The lowest BCUT2D eigenvalue weighted by Crippen LogP contribution is -2.42. The number of halogens is 3. The molecule has 7 heteroatoms. The number of carbonyl (C=O) groups is 1. The largest absolute Gasteiger partial charge is 0.401 e.